The summed E-state index contributed by atoms with van der Waals surface area (Å²) in [6, 6.07) is 2.96. The van der Waals surface area contributed by atoms with Gasteiger partial charge in [0.1, 0.15) is 12.1 Å². The molecule has 1 saturated heterocycles. The zero-order valence-corrected chi connectivity index (χ0v) is 14.4. The molecule has 0 aliphatic carbocycles. The number of fused-ring (bicyclic) bond motifs is 1. The lowest BCUT2D eigenvalue weighted by atomic mass is 10.1. The fourth-order valence-electron chi connectivity index (χ4n) is 2.76. The van der Waals surface area contributed by atoms with Gasteiger partial charge in [-0.1, -0.05) is 15.9 Å². The van der Waals surface area contributed by atoms with Crippen LogP contribution in [-0.4, -0.2) is 52.2 Å². The number of anilines is 1. The molecule has 1 amide bonds. The van der Waals surface area contributed by atoms with E-state index in [2.05, 4.69) is 25.9 Å². The van der Waals surface area contributed by atoms with Gasteiger partial charge in [0.05, 0.1) is 5.52 Å². The van der Waals surface area contributed by atoms with Gasteiger partial charge in [0, 0.05) is 48.5 Å². The van der Waals surface area contributed by atoms with E-state index in [0.29, 0.717) is 47.4 Å². The molecule has 0 atom stereocenters. The van der Waals surface area contributed by atoms with Crippen molar-refractivity contribution in [2.75, 3.05) is 31.1 Å². The highest BCUT2D eigenvalue weighted by atomic mass is 79.9. The van der Waals surface area contributed by atoms with Gasteiger partial charge in [0.15, 0.2) is 0 Å². The first-order chi connectivity index (χ1) is 11.3. The first kappa shape index (κ1) is 16.8. The van der Waals surface area contributed by atoms with E-state index in [-0.39, 0.29) is 5.56 Å². The number of carboxylic acid groups (broad SMARTS) is 1. The van der Waals surface area contributed by atoms with Crippen LogP contribution < -0.4 is 4.90 Å². The van der Waals surface area contributed by atoms with E-state index in [1.54, 1.807) is 6.07 Å². The summed E-state index contributed by atoms with van der Waals surface area (Å²) >= 11 is 3.17. The standard InChI is InChI=1S/C15H15BrF2N4O2/c1-15(17,18)10-6-9-12(7-11(10)16)19-8-20-13(9)21-2-4-22(5-3-21)14(23)24/h6-8H,2-5H2,1H3,(H,23,24). The van der Waals surface area contributed by atoms with Gasteiger partial charge in [-0.3, -0.25) is 0 Å². The van der Waals surface area contributed by atoms with Crippen LogP contribution in [-0.2, 0) is 5.92 Å². The molecule has 1 fully saturated rings. The third kappa shape index (κ3) is 3.12. The summed E-state index contributed by atoms with van der Waals surface area (Å²) in [6.07, 6.45) is 0.427. The molecule has 1 aromatic carbocycles. The van der Waals surface area contributed by atoms with Gasteiger partial charge in [-0.15, -0.1) is 0 Å². The summed E-state index contributed by atoms with van der Waals surface area (Å²) in [5.41, 5.74) is 0.427. The van der Waals surface area contributed by atoms with Gasteiger partial charge in [0.2, 0.25) is 0 Å². The minimum atomic E-state index is -3.00. The van der Waals surface area contributed by atoms with Crippen molar-refractivity contribution in [2.45, 2.75) is 12.8 Å². The quantitative estimate of drug-likeness (QED) is 0.837. The van der Waals surface area contributed by atoms with Crippen LogP contribution in [0.1, 0.15) is 12.5 Å². The van der Waals surface area contributed by atoms with Crippen molar-refractivity contribution in [1.29, 1.82) is 0 Å². The van der Waals surface area contributed by atoms with Crippen LogP contribution in [0.4, 0.5) is 19.4 Å². The maximum absolute atomic E-state index is 13.8. The number of rotatable bonds is 2. The third-order valence-corrected chi connectivity index (χ3v) is 4.68. The van der Waals surface area contributed by atoms with Crippen molar-refractivity contribution in [3.8, 4) is 0 Å². The summed E-state index contributed by atoms with van der Waals surface area (Å²) in [4.78, 5) is 22.6. The Morgan fingerprint density at radius 3 is 2.50 bits per heavy atom. The van der Waals surface area contributed by atoms with E-state index in [0.717, 1.165) is 6.92 Å². The number of hydrogen-bond donors (Lipinski definition) is 1. The average molecular weight is 401 g/mol. The highest BCUT2D eigenvalue weighted by Gasteiger charge is 2.29. The second-order valence-electron chi connectivity index (χ2n) is 5.69. The van der Waals surface area contributed by atoms with Crippen molar-refractivity contribution < 1.29 is 18.7 Å². The monoisotopic (exact) mass is 400 g/mol. The minimum absolute atomic E-state index is 0.129. The first-order valence-electron chi connectivity index (χ1n) is 7.33. The van der Waals surface area contributed by atoms with Crippen molar-refractivity contribution in [2.24, 2.45) is 0 Å². The van der Waals surface area contributed by atoms with E-state index >= 15 is 0 Å². The Hall–Kier alpha value is -2.03. The second-order valence-corrected chi connectivity index (χ2v) is 6.55. The molecule has 24 heavy (non-hydrogen) atoms. The van der Waals surface area contributed by atoms with E-state index in [1.165, 1.54) is 17.3 Å². The number of hydrogen-bond acceptors (Lipinski definition) is 4. The summed E-state index contributed by atoms with van der Waals surface area (Å²) in [7, 11) is 0. The largest absolute Gasteiger partial charge is 0.465 e. The average Bonchev–Trinajstić information content (AvgIpc) is 2.52. The fraction of sp³-hybridized carbons (Fsp3) is 0.400. The first-order valence-corrected chi connectivity index (χ1v) is 8.12. The number of halogens is 3. The summed E-state index contributed by atoms with van der Waals surface area (Å²) in [5.74, 6) is -2.45. The Morgan fingerprint density at radius 1 is 1.25 bits per heavy atom. The van der Waals surface area contributed by atoms with Crippen LogP contribution in [0, 0.1) is 0 Å². The molecule has 0 unspecified atom stereocenters. The number of piperazine rings is 1. The molecule has 0 bridgehead atoms. The van der Waals surface area contributed by atoms with Gasteiger partial charge < -0.3 is 14.9 Å². The Labute approximate surface area is 145 Å². The smallest absolute Gasteiger partial charge is 0.407 e. The number of nitrogens with zero attached hydrogens (tertiary/aromatic N) is 4. The van der Waals surface area contributed by atoms with E-state index in [1.807, 2.05) is 4.90 Å². The Morgan fingerprint density at radius 2 is 1.92 bits per heavy atom. The van der Waals surface area contributed by atoms with Crippen molar-refractivity contribution in [3.63, 3.8) is 0 Å². The third-order valence-electron chi connectivity index (χ3n) is 4.03. The molecular weight excluding hydrogens is 386 g/mol. The summed E-state index contributed by atoms with van der Waals surface area (Å²) in [6.45, 7) is 2.43. The van der Waals surface area contributed by atoms with Gasteiger partial charge in [-0.25, -0.2) is 23.5 Å². The van der Waals surface area contributed by atoms with Crippen molar-refractivity contribution in [1.82, 2.24) is 14.9 Å². The number of aromatic nitrogens is 2. The second kappa shape index (κ2) is 6.12. The number of alkyl halides is 2. The van der Waals surface area contributed by atoms with Crippen LogP contribution in [0.25, 0.3) is 10.9 Å². The van der Waals surface area contributed by atoms with Gasteiger partial charge in [-0.05, 0) is 12.1 Å². The molecule has 0 radical (unpaired) electrons. The molecule has 1 aromatic heterocycles. The zero-order valence-electron chi connectivity index (χ0n) is 12.8. The lowest BCUT2D eigenvalue weighted by Gasteiger charge is -2.34. The molecule has 128 valence electrons. The lowest BCUT2D eigenvalue weighted by Crippen LogP contribution is -2.48. The predicted octanol–water partition coefficient (Wildman–Crippen LogP) is 3.30. The molecule has 6 nitrogen and oxygen atoms in total. The predicted molar refractivity (Wildman–Crippen MR) is 88.6 cm³/mol. The normalized spacial score (nSPS) is 15.8. The molecule has 9 heteroatoms. The zero-order chi connectivity index (χ0) is 17.5. The fourth-order valence-corrected chi connectivity index (χ4v) is 3.44. The molecule has 3 rings (SSSR count). The lowest BCUT2D eigenvalue weighted by molar-refractivity contribution is 0.0168. The van der Waals surface area contributed by atoms with E-state index in [9.17, 15) is 13.6 Å². The highest BCUT2D eigenvalue weighted by Crippen LogP contribution is 2.37. The Kier molecular flexibility index (Phi) is 4.29. The molecule has 0 saturated carbocycles. The summed E-state index contributed by atoms with van der Waals surface area (Å²) in [5, 5.41) is 9.55. The number of carbonyl (C=O) groups is 1. The molecular formula is C15H15BrF2N4O2. The molecule has 0 spiro atoms. The number of amides is 1. The Balaban J connectivity index is 2.01. The van der Waals surface area contributed by atoms with Crippen LogP contribution >= 0.6 is 15.9 Å². The minimum Gasteiger partial charge on any atom is -0.465 e. The molecule has 2 heterocycles. The van der Waals surface area contributed by atoms with Gasteiger partial charge in [-0.2, -0.15) is 0 Å². The van der Waals surface area contributed by atoms with Gasteiger partial charge >= 0.3 is 6.09 Å². The van der Waals surface area contributed by atoms with Crippen LogP contribution in [0.2, 0.25) is 0 Å². The maximum Gasteiger partial charge on any atom is 0.407 e. The highest BCUT2D eigenvalue weighted by molar-refractivity contribution is 9.10. The van der Waals surface area contributed by atoms with E-state index < -0.39 is 12.0 Å². The van der Waals surface area contributed by atoms with Crippen molar-refractivity contribution >= 4 is 38.7 Å². The topological polar surface area (TPSA) is 69.6 Å². The van der Waals surface area contributed by atoms with Gasteiger partial charge in [0.25, 0.3) is 5.92 Å². The molecule has 1 N–H and O–H groups in total. The van der Waals surface area contributed by atoms with Crippen LogP contribution in [0.5, 0.6) is 0 Å². The van der Waals surface area contributed by atoms with Crippen LogP contribution in [0.3, 0.4) is 0 Å². The van der Waals surface area contributed by atoms with E-state index in [4.69, 9.17) is 5.11 Å². The SMILES string of the molecule is CC(F)(F)c1cc2c(N3CCN(C(=O)O)CC3)ncnc2cc1Br. The molecule has 1 aliphatic heterocycles. The summed E-state index contributed by atoms with van der Waals surface area (Å²) < 4.78 is 27.9. The van der Waals surface area contributed by atoms with Crippen molar-refractivity contribution in [3.05, 3.63) is 28.5 Å². The van der Waals surface area contributed by atoms with Crippen LogP contribution in [0.15, 0.2) is 22.9 Å². The maximum atomic E-state index is 13.8. The molecule has 2 aromatic rings. The Bertz CT molecular complexity index is 789. The number of benzene rings is 1. The molecule has 1 aliphatic rings.